The Balaban J connectivity index is 1.75. The number of halogens is 2. The number of carbonyl (C=O) groups excluding carboxylic acids is 2. The van der Waals surface area contributed by atoms with Crippen LogP contribution in [0.2, 0.25) is 10.0 Å². The largest absolute Gasteiger partial charge is 0.325 e. The van der Waals surface area contributed by atoms with Crippen molar-refractivity contribution in [2.75, 3.05) is 16.8 Å². The van der Waals surface area contributed by atoms with Crippen LogP contribution in [-0.2, 0) is 9.59 Å². The maximum atomic E-state index is 13.9. The van der Waals surface area contributed by atoms with Gasteiger partial charge in [-0.25, -0.2) is 0 Å². The highest BCUT2D eigenvalue weighted by molar-refractivity contribution is 6.37. The van der Waals surface area contributed by atoms with Crippen LogP contribution in [0.15, 0.2) is 71.7 Å². The Kier molecular flexibility index (Phi) is 8.35. The summed E-state index contributed by atoms with van der Waals surface area (Å²) < 4.78 is 0. The zero-order chi connectivity index (χ0) is 26.7. The molecule has 1 aliphatic rings. The summed E-state index contributed by atoms with van der Waals surface area (Å²) >= 11 is 13.0. The van der Waals surface area contributed by atoms with Crippen LogP contribution in [0.4, 0.5) is 11.4 Å². The zero-order valence-electron chi connectivity index (χ0n) is 21.5. The molecule has 1 N–H and O–H groups in total. The molecule has 3 aromatic rings. The van der Waals surface area contributed by atoms with Gasteiger partial charge >= 0.3 is 0 Å². The molecular formula is C30H31Cl2N3O2. The molecule has 1 heterocycles. The van der Waals surface area contributed by atoms with Crippen molar-refractivity contribution in [3.05, 3.63) is 93.5 Å². The van der Waals surface area contributed by atoms with E-state index in [1.165, 1.54) is 10.5 Å². The molecule has 0 saturated heterocycles. The molecule has 0 aliphatic carbocycles. The molecule has 5 nitrogen and oxygen atoms in total. The fraction of sp³-hybridized carbons (Fsp3) is 0.300. The molecule has 3 aromatic carbocycles. The summed E-state index contributed by atoms with van der Waals surface area (Å²) in [5.74, 6) is -0.183. The van der Waals surface area contributed by atoms with Crippen LogP contribution < -0.4 is 10.2 Å². The van der Waals surface area contributed by atoms with Crippen molar-refractivity contribution in [2.24, 2.45) is 10.9 Å². The van der Waals surface area contributed by atoms with Gasteiger partial charge in [0.15, 0.2) is 0 Å². The second kappa shape index (κ2) is 11.5. The minimum Gasteiger partial charge on any atom is -0.325 e. The fourth-order valence-corrected chi connectivity index (χ4v) is 4.79. The summed E-state index contributed by atoms with van der Waals surface area (Å²) in [6.07, 6.45) is 0.745. The van der Waals surface area contributed by atoms with Crippen LogP contribution in [0.25, 0.3) is 0 Å². The van der Waals surface area contributed by atoms with E-state index < -0.39 is 6.04 Å². The number of hydrogen-bond acceptors (Lipinski definition) is 3. The summed E-state index contributed by atoms with van der Waals surface area (Å²) in [6.45, 7) is 8.10. The van der Waals surface area contributed by atoms with Gasteiger partial charge in [-0.3, -0.25) is 14.6 Å². The molecule has 0 fully saturated rings. The van der Waals surface area contributed by atoms with Crippen LogP contribution >= 0.6 is 23.2 Å². The SMILES string of the molecule is CCC(C)C1N=C(c2ccccc2Cl)c2cc(Cl)ccc2N(CC(=O)Nc2ccc(C(C)C)cc2)C1=O. The lowest BCUT2D eigenvalue weighted by molar-refractivity contribution is -0.123. The predicted molar refractivity (Wildman–Crippen MR) is 153 cm³/mol. The summed E-state index contributed by atoms with van der Waals surface area (Å²) in [5.41, 5.74) is 4.41. The first-order chi connectivity index (χ1) is 17.7. The lowest BCUT2D eigenvalue weighted by Gasteiger charge is -2.26. The highest BCUT2D eigenvalue weighted by Crippen LogP contribution is 2.34. The van der Waals surface area contributed by atoms with Gasteiger partial charge in [0.25, 0.3) is 5.91 Å². The fourth-order valence-electron chi connectivity index (χ4n) is 4.40. The van der Waals surface area contributed by atoms with E-state index in [2.05, 4.69) is 19.2 Å². The third-order valence-corrected chi connectivity index (χ3v) is 7.33. The average molecular weight is 537 g/mol. The predicted octanol–water partition coefficient (Wildman–Crippen LogP) is 7.35. The van der Waals surface area contributed by atoms with Crippen molar-refractivity contribution in [3.8, 4) is 0 Å². The molecule has 0 radical (unpaired) electrons. The van der Waals surface area contributed by atoms with Gasteiger partial charge in [-0.1, -0.05) is 87.6 Å². The van der Waals surface area contributed by atoms with Crippen molar-refractivity contribution in [1.82, 2.24) is 0 Å². The van der Waals surface area contributed by atoms with Gasteiger partial charge in [0.1, 0.15) is 12.6 Å². The molecule has 2 atom stereocenters. The molecule has 2 unspecified atom stereocenters. The number of aliphatic imine (C=N–C) groups is 1. The van der Waals surface area contributed by atoms with E-state index in [1.807, 2.05) is 56.3 Å². The van der Waals surface area contributed by atoms with E-state index in [1.54, 1.807) is 24.3 Å². The molecule has 1 aliphatic heterocycles. The topological polar surface area (TPSA) is 61.8 Å². The number of fused-ring (bicyclic) bond motifs is 1. The molecule has 192 valence electrons. The monoisotopic (exact) mass is 535 g/mol. The van der Waals surface area contributed by atoms with Gasteiger partial charge in [0, 0.05) is 26.9 Å². The maximum absolute atomic E-state index is 13.9. The molecule has 2 amide bonds. The molecule has 7 heteroatoms. The van der Waals surface area contributed by atoms with Gasteiger partial charge in [-0.15, -0.1) is 0 Å². The average Bonchev–Trinajstić information content (AvgIpc) is 2.99. The first kappa shape index (κ1) is 26.9. The normalized spacial score (nSPS) is 16.2. The Morgan fingerprint density at radius 1 is 1.00 bits per heavy atom. The van der Waals surface area contributed by atoms with E-state index in [0.717, 1.165) is 6.42 Å². The number of anilines is 2. The maximum Gasteiger partial charge on any atom is 0.252 e. The van der Waals surface area contributed by atoms with E-state index in [4.69, 9.17) is 28.2 Å². The quantitative estimate of drug-likeness (QED) is 0.343. The van der Waals surface area contributed by atoms with E-state index in [9.17, 15) is 9.59 Å². The second-order valence-corrected chi connectivity index (χ2v) is 10.5. The first-order valence-electron chi connectivity index (χ1n) is 12.5. The van der Waals surface area contributed by atoms with Crippen LogP contribution in [0.5, 0.6) is 0 Å². The van der Waals surface area contributed by atoms with Crippen LogP contribution in [-0.4, -0.2) is 30.1 Å². The molecule has 37 heavy (non-hydrogen) atoms. The van der Waals surface area contributed by atoms with E-state index in [-0.39, 0.29) is 24.3 Å². The highest BCUT2D eigenvalue weighted by atomic mass is 35.5. The van der Waals surface area contributed by atoms with E-state index >= 15 is 0 Å². The van der Waals surface area contributed by atoms with Gasteiger partial charge in [0.05, 0.1) is 11.4 Å². The van der Waals surface area contributed by atoms with Gasteiger partial charge in [-0.2, -0.15) is 0 Å². The Morgan fingerprint density at radius 2 is 1.70 bits per heavy atom. The minimum atomic E-state index is -0.680. The Labute approximate surface area is 228 Å². The number of hydrogen-bond donors (Lipinski definition) is 1. The van der Waals surface area contributed by atoms with E-state index in [0.29, 0.717) is 44.2 Å². The molecule has 0 bridgehead atoms. The molecular weight excluding hydrogens is 505 g/mol. The second-order valence-electron chi connectivity index (χ2n) is 9.70. The number of nitrogens with zero attached hydrogens (tertiary/aromatic N) is 2. The third-order valence-electron chi connectivity index (χ3n) is 6.77. The number of benzodiazepines with no additional fused rings is 1. The van der Waals surface area contributed by atoms with Crippen molar-refractivity contribution < 1.29 is 9.59 Å². The van der Waals surface area contributed by atoms with Crippen molar-refractivity contribution in [1.29, 1.82) is 0 Å². The van der Waals surface area contributed by atoms with Gasteiger partial charge in [-0.05, 0) is 53.8 Å². The molecule has 0 saturated carbocycles. The lowest BCUT2D eigenvalue weighted by Crippen LogP contribution is -2.44. The number of benzene rings is 3. The number of nitrogens with one attached hydrogen (secondary N) is 1. The summed E-state index contributed by atoms with van der Waals surface area (Å²) in [5, 5.41) is 3.96. The van der Waals surface area contributed by atoms with Crippen LogP contribution in [0.1, 0.15) is 56.7 Å². The first-order valence-corrected chi connectivity index (χ1v) is 13.3. The Morgan fingerprint density at radius 3 is 2.35 bits per heavy atom. The summed E-state index contributed by atoms with van der Waals surface area (Å²) in [6, 6.07) is 19.8. The highest BCUT2D eigenvalue weighted by Gasteiger charge is 2.36. The lowest BCUT2D eigenvalue weighted by atomic mass is 9.97. The Bertz CT molecular complexity index is 1330. The standard InChI is InChI=1S/C30H31Cl2N3O2/c1-5-19(4)28-30(37)35(17-27(36)33-22-13-10-20(11-14-22)18(2)3)26-15-12-21(31)16-24(26)29(34-28)23-8-6-7-9-25(23)32/h6-16,18-19,28H,5,17H2,1-4H3,(H,33,36). The Hall–Kier alpha value is -3.15. The number of amides is 2. The van der Waals surface area contributed by atoms with Crippen LogP contribution in [0, 0.1) is 5.92 Å². The smallest absolute Gasteiger partial charge is 0.252 e. The third kappa shape index (κ3) is 5.89. The van der Waals surface area contributed by atoms with Crippen molar-refractivity contribution in [2.45, 2.75) is 46.1 Å². The van der Waals surface area contributed by atoms with Gasteiger partial charge < -0.3 is 10.2 Å². The van der Waals surface area contributed by atoms with Crippen molar-refractivity contribution in [3.63, 3.8) is 0 Å². The molecule has 0 spiro atoms. The van der Waals surface area contributed by atoms with Crippen LogP contribution in [0.3, 0.4) is 0 Å². The summed E-state index contributed by atoms with van der Waals surface area (Å²) in [7, 11) is 0. The molecule has 4 rings (SSSR count). The van der Waals surface area contributed by atoms with Gasteiger partial charge in [0.2, 0.25) is 5.91 Å². The summed E-state index contributed by atoms with van der Waals surface area (Å²) in [4.78, 5) is 33.6. The zero-order valence-corrected chi connectivity index (χ0v) is 23.0. The van der Waals surface area contributed by atoms with Crippen molar-refractivity contribution >= 4 is 52.1 Å². The molecule has 0 aromatic heterocycles. The number of rotatable bonds is 7. The number of carbonyl (C=O) groups is 2. The minimum absolute atomic E-state index is 0.0519.